The molecule has 1 unspecified atom stereocenters. The zero-order valence-electron chi connectivity index (χ0n) is 11.9. The number of hydrogen-bond donors (Lipinski definition) is 0. The molecule has 3 rings (SSSR count). The van der Waals surface area contributed by atoms with Gasteiger partial charge in [0.25, 0.3) is 5.91 Å². The number of benzene rings is 1. The van der Waals surface area contributed by atoms with Gasteiger partial charge in [-0.15, -0.1) is 5.11 Å². The minimum Gasteiger partial charge on any atom is -0.497 e. The first-order valence-electron chi connectivity index (χ1n) is 6.63. The molecule has 122 valence electrons. The highest BCUT2D eigenvalue weighted by molar-refractivity contribution is 5.83. The molecule has 1 aromatic rings. The minimum atomic E-state index is -4.78. The van der Waals surface area contributed by atoms with Gasteiger partial charge in [0.15, 0.2) is 5.92 Å². The van der Waals surface area contributed by atoms with Gasteiger partial charge in [-0.1, -0.05) is 0 Å². The first-order chi connectivity index (χ1) is 10.8. The SMILES string of the molecule is COc1cc(F)c2c(c1)CN(C1=CN=NC(=O)C1C(F)(F)F)C2. The number of nitrogens with zero attached hydrogens (tertiary/aromatic N) is 3. The molecule has 2 aliphatic heterocycles. The summed E-state index contributed by atoms with van der Waals surface area (Å²) in [6.07, 6.45) is -3.88. The van der Waals surface area contributed by atoms with Gasteiger partial charge in [0.2, 0.25) is 0 Å². The smallest absolute Gasteiger partial charge is 0.406 e. The standard InChI is InChI=1S/C14H11F4N3O2/c1-23-8-2-7-5-21(6-9(7)10(15)3-8)11-4-19-20-13(22)12(11)14(16,17)18/h2-4,12H,5-6H2,1H3. The van der Waals surface area contributed by atoms with Crippen LogP contribution in [-0.4, -0.2) is 24.1 Å². The lowest BCUT2D eigenvalue weighted by Crippen LogP contribution is -2.38. The molecule has 0 bridgehead atoms. The molecule has 0 N–H and O–H groups in total. The van der Waals surface area contributed by atoms with Crippen molar-refractivity contribution in [1.29, 1.82) is 0 Å². The summed E-state index contributed by atoms with van der Waals surface area (Å²) in [5.41, 5.74) is 0.466. The highest BCUT2D eigenvalue weighted by Gasteiger charge is 2.50. The molecule has 1 amide bonds. The van der Waals surface area contributed by atoms with Crippen molar-refractivity contribution in [3.05, 3.63) is 41.0 Å². The van der Waals surface area contributed by atoms with Gasteiger partial charge >= 0.3 is 6.18 Å². The van der Waals surface area contributed by atoms with E-state index in [0.717, 1.165) is 6.20 Å². The largest absolute Gasteiger partial charge is 0.497 e. The number of methoxy groups -OCH3 is 1. The van der Waals surface area contributed by atoms with Crippen LogP contribution in [-0.2, 0) is 17.9 Å². The van der Waals surface area contributed by atoms with E-state index in [1.165, 1.54) is 18.1 Å². The van der Waals surface area contributed by atoms with E-state index in [0.29, 0.717) is 5.56 Å². The summed E-state index contributed by atoms with van der Waals surface area (Å²) >= 11 is 0. The van der Waals surface area contributed by atoms with Gasteiger partial charge in [-0.3, -0.25) is 4.79 Å². The zero-order valence-corrected chi connectivity index (χ0v) is 11.9. The maximum absolute atomic E-state index is 14.0. The lowest BCUT2D eigenvalue weighted by atomic mass is 10.0. The van der Waals surface area contributed by atoms with Crippen LogP contribution < -0.4 is 4.74 Å². The average molecular weight is 329 g/mol. The Morgan fingerprint density at radius 1 is 1.30 bits per heavy atom. The lowest BCUT2D eigenvalue weighted by Gasteiger charge is -2.28. The summed E-state index contributed by atoms with van der Waals surface area (Å²) < 4.78 is 58.4. The maximum Gasteiger partial charge on any atom is 0.406 e. The van der Waals surface area contributed by atoms with Crippen molar-refractivity contribution in [3.8, 4) is 5.75 Å². The highest BCUT2D eigenvalue weighted by atomic mass is 19.4. The summed E-state index contributed by atoms with van der Waals surface area (Å²) in [4.78, 5) is 12.8. The second kappa shape index (κ2) is 5.32. The molecular formula is C14H11F4N3O2. The van der Waals surface area contributed by atoms with Crippen molar-refractivity contribution in [2.24, 2.45) is 16.1 Å². The van der Waals surface area contributed by atoms with Crippen LogP contribution in [0.5, 0.6) is 5.75 Å². The fourth-order valence-electron chi connectivity index (χ4n) is 2.71. The van der Waals surface area contributed by atoms with Gasteiger partial charge in [0.1, 0.15) is 11.6 Å². The summed E-state index contributed by atoms with van der Waals surface area (Å²) in [6.45, 7) is -0.0446. The normalized spacial score (nSPS) is 20.6. The van der Waals surface area contributed by atoms with E-state index in [1.807, 2.05) is 0 Å². The van der Waals surface area contributed by atoms with E-state index in [9.17, 15) is 22.4 Å². The van der Waals surface area contributed by atoms with E-state index in [2.05, 4.69) is 10.2 Å². The summed E-state index contributed by atoms with van der Waals surface area (Å²) in [7, 11) is 1.37. The van der Waals surface area contributed by atoms with E-state index in [4.69, 9.17) is 4.74 Å². The van der Waals surface area contributed by atoms with E-state index < -0.39 is 23.8 Å². The Labute approximate surface area is 128 Å². The predicted octanol–water partition coefficient (Wildman–Crippen LogP) is 3.16. The van der Waals surface area contributed by atoms with E-state index >= 15 is 0 Å². The molecule has 5 nitrogen and oxygen atoms in total. The Morgan fingerprint density at radius 2 is 2.04 bits per heavy atom. The summed E-state index contributed by atoms with van der Waals surface area (Å²) in [5.74, 6) is -4.03. The number of ether oxygens (including phenoxy) is 1. The van der Waals surface area contributed by atoms with Crippen LogP contribution in [0.3, 0.4) is 0 Å². The average Bonchev–Trinajstić information content (AvgIpc) is 2.90. The molecule has 1 atom stereocenters. The van der Waals surface area contributed by atoms with Gasteiger partial charge in [-0.2, -0.15) is 18.3 Å². The highest BCUT2D eigenvalue weighted by Crippen LogP contribution is 2.40. The molecule has 0 spiro atoms. The Balaban J connectivity index is 1.94. The van der Waals surface area contributed by atoms with E-state index in [-0.39, 0.29) is 30.1 Å². The second-order valence-corrected chi connectivity index (χ2v) is 5.19. The first kappa shape index (κ1) is 15.4. The van der Waals surface area contributed by atoms with Crippen LogP contribution in [0.15, 0.2) is 34.3 Å². The molecule has 0 saturated heterocycles. The van der Waals surface area contributed by atoms with Crippen LogP contribution in [0.4, 0.5) is 17.6 Å². The molecule has 2 heterocycles. The topological polar surface area (TPSA) is 54.3 Å². The molecular weight excluding hydrogens is 318 g/mol. The minimum absolute atomic E-state index is 0.0324. The maximum atomic E-state index is 14.0. The number of alkyl halides is 3. The number of hydrogen-bond acceptors (Lipinski definition) is 4. The Morgan fingerprint density at radius 3 is 2.70 bits per heavy atom. The third kappa shape index (κ3) is 2.66. The number of azo groups is 1. The van der Waals surface area contributed by atoms with Gasteiger partial charge < -0.3 is 9.64 Å². The van der Waals surface area contributed by atoms with Gasteiger partial charge in [0, 0.05) is 24.7 Å². The molecule has 0 saturated carbocycles. The molecule has 2 aliphatic rings. The molecule has 1 aromatic carbocycles. The van der Waals surface area contributed by atoms with Gasteiger partial charge in [-0.05, 0) is 11.6 Å². The number of fused-ring (bicyclic) bond motifs is 1. The Bertz CT molecular complexity index is 727. The number of amides is 1. The monoisotopic (exact) mass is 329 g/mol. The fraction of sp³-hybridized carbons (Fsp3) is 0.357. The Hall–Kier alpha value is -2.45. The van der Waals surface area contributed by atoms with Crippen LogP contribution in [0, 0.1) is 11.7 Å². The summed E-state index contributed by atoms with van der Waals surface area (Å²) in [5, 5.41) is 6.28. The predicted molar refractivity (Wildman–Crippen MR) is 69.7 cm³/mol. The van der Waals surface area contributed by atoms with Crippen LogP contribution >= 0.6 is 0 Å². The van der Waals surface area contributed by atoms with Crippen molar-refractivity contribution < 1.29 is 27.1 Å². The van der Waals surface area contributed by atoms with Gasteiger partial charge in [-0.25, -0.2) is 4.39 Å². The molecule has 9 heteroatoms. The van der Waals surface area contributed by atoms with E-state index in [1.54, 1.807) is 6.07 Å². The Kier molecular flexibility index (Phi) is 3.57. The van der Waals surface area contributed by atoms with Crippen LogP contribution in [0.25, 0.3) is 0 Å². The zero-order chi connectivity index (χ0) is 16.8. The number of rotatable bonds is 2. The third-order valence-electron chi connectivity index (χ3n) is 3.79. The fourth-order valence-corrected chi connectivity index (χ4v) is 2.71. The first-order valence-corrected chi connectivity index (χ1v) is 6.63. The third-order valence-corrected chi connectivity index (χ3v) is 3.79. The lowest BCUT2D eigenvalue weighted by molar-refractivity contribution is -0.177. The molecule has 0 fully saturated rings. The molecule has 0 aromatic heterocycles. The molecule has 0 aliphatic carbocycles. The summed E-state index contributed by atoms with van der Waals surface area (Å²) in [6, 6.07) is 2.73. The van der Waals surface area contributed by atoms with Crippen molar-refractivity contribution in [2.45, 2.75) is 19.3 Å². The number of carbonyl (C=O) groups is 1. The van der Waals surface area contributed by atoms with Crippen molar-refractivity contribution >= 4 is 5.91 Å². The molecule has 0 radical (unpaired) electrons. The van der Waals surface area contributed by atoms with Gasteiger partial charge in [0.05, 0.1) is 19.0 Å². The van der Waals surface area contributed by atoms with Crippen molar-refractivity contribution in [2.75, 3.05) is 7.11 Å². The number of halogens is 4. The quantitative estimate of drug-likeness (QED) is 0.783. The van der Waals surface area contributed by atoms with Crippen LogP contribution in [0.1, 0.15) is 11.1 Å². The van der Waals surface area contributed by atoms with Crippen molar-refractivity contribution in [3.63, 3.8) is 0 Å². The number of carbonyl (C=O) groups excluding carboxylic acids is 1. The van der Waals surface area contributed by atoms with Crippen molar-refractivity contribution in [1.82, 2.24) is 4.90 Å². The molecule has 23 heavy (non-hydrogen) atoms. The second-order valence-electron chi connectivity index (χ2n) is 5.19. The van der Waals surface area contributed by atoms with Crippen LogP contribution in [0.2, 0.25) is 0 Å².